The molecule has 1 saturated heterocycles. The number of thioether (sulfide) groups is 1. The van der Waals surface area contributed by atoms with E-state index in [0.717, 1.165) is 23.9 Å². The SMILES string of the molecule is CCc1ccc(N=C2NC(=O)C(=Cc3c(F)cccc3Cl)S2)cc1. The Bertz CT molecular complexity index is 826. The van der Waals surface area contributed by atoms with Gasteiger partial charge in [-0.3, -0.25) is 4.79 Å². The van der Waals surface area contributed by atoms with Crippen LogP contribution < -0.4 is 5.32 Å². The third-order valence-electron chi connectivity index (χ3n) is 3.50. The molecule has 0 aliphatic carbocycles. The highest BCUT2D eigenvalue weighted by Crippen LogP contribution is 2.30. The first-order valence-corrected chi connectivity index (χ1v) is 8.59. The van der Waals surface area contributed by atoms with E-state index in [4.69, 9.17) is 11.6 Å². The van der Waals surface area contributed by atoms with Gasteiger partial charge in [0.25, 0.3) is 5.91 Å². The minimum Gasteiger partial charge on any atom is -0.300 e. The second-order valence-corrected chi connectivity index (χ2v) is 6.57. The Kier molecular flexibility index (Phi) is 5.02. The lowest BCUT2D eigenvalue weighted by Crippen LogP contribution is -2.19. The van der Waals surface area contributed by atoms with E-state index in [1.165, 1.54) is 23.8 Å². The number of aryl methyl sites for hydroxylation is 1. The van der Waals surface area contributed by atoms with Gasteiger partial charge in [-0.05, 0) is 54.1 Å². The molecule has 0 bridgehead atoms. The maximum Gasteiger partial charge on any atom is 0.264 e. The summed E-state index contributed by atoms with van der Waals surface area (Å²) in [6.45, 7) is 2.08. The van der Waals surface area contributed by atoms with E-state index in [-0.39, 0.29) is 16.5 Å². The molecule has 0 aromatic heterocycles. The zero-order valence-corrected chi connectivity index (χ0v) is 14.4. The van der Waals surface area contributed by atoms with Crippen LogP contribution in [0.25, 0.3) is 6.08 Å². The number of carbonyl (C=O) groups is 1. The van der Waals surface area contributed by atoms with Crippen molar-refractivity contribution in [1.82, 2.24) is 5.32 Å². The summed E-state index contributed by atoms with van der Waals surface area (Å²) < 4.78 is 13.8. The summed E-state index contributed by atoms with van der Waals surface area (Å²) in [5.41, 5.74) is 2.17. The maximum atomic E-state index is 13.8. The molecule has 1 aliphatic heterocycles. The minimum absolute atomic E-state index is 0.199. The van der Waals surface area contributed by atoms with Crippen molar-refractivity contribution < 1.29 is 9.18 Å². The molecule has 0 saturated carbocycles. The Hall–Kier alpha value is -2.11. The fourth-order valence-corrected chi connectivity index (χ4v) is 3.22. The first-order valence-electron chi connectivity index (χ1n) is 7.39. The number of amides is 1. The van der Waals surface area contributed by atoms with Gasteiger partial charge in [0.15, 0.2) is 5.17 Å². The molecule has 2 aromatic rings. The van der Waals surface area contributed by atoms with Crippen molar-refractivity contribution in [3.8, 4) is 0 Å². The van der Waals surface area contributed by atoms with E-state index in [1.54, 1.807) is 6.07 Å². The zero-order valence-electron chi connectivity index (χ0n) is 12.8. The fraction of sp³-hybridized carbons (Fsp3) is 0.111. The largest absolute Gasteiger partial charge is 0.300 e. The molecule has 1 fully saturated rings. The number of amidine groups is 1. The van der Waals surface area contributed by atoms with Crippen molar-refractivity contribution in [2.45, 2.75) is 13.3 Å². The average Bonchev–Trinajstić information content (AvgIpc) is 2.91. The zero-order chi connectivity index (χ0) is 17.1. The molecule has 24 heavy (non-hydrogen) atoms. The first-order chi connectivity index (χ1) is 11.6. The second kappa shape index (κ2) is 7.20. The van der Waals surface area contributed by atoms with E-state index in [9.17, 15) is 9.18 Å². The number of carbonyl (C=O) groups excluding carboxylic acids is 1. The number of nitrogens with zero attached hydrogens (tertiary/aromatic N) is 1. The molecule has 1 aliphatic rings. The molecule has 3 rings (SSSR count). The van der Waals surface area contributed by atoms with Crippen LogP contribution in [0.1, 0.15) is 18.1 Å². The van der Waals surface area contributed by atoms with Crippen molar-refractivity contribution in [2.75, 3.05) is 0 Å². The van der Waals surface area contributed by atoms with Gasteiger partial charge in [-0.15, -0.1) is 0 Å². The quantitative estimate of drug-likeness (QED) is 0.788. The Morgan fingerprint density at radius 1 is 1.25 bits per heavy atom. The van der Waals surface area contributed by atoms with Gasteiger partial charge in [-0.1, -0.05) is 36.7 Å². The molecule has 122 valence electrons. The summed E-state index contributed by atoms with van der Waals surface area (Å²) in [6.07, 6.45) is 2.40. The standard InChI is InChI=1S/C18H14ClFN2OS/c1-2-11-6-8-12(9-7-11)21-18-22-17(23)16(24-18)10-13-14(19)4-3-5-15(13)20/h3-10H,2H2,1H3,(H,21,22,23). The monoisotopic (exact) mass is 360 g/mol. The maximum absolute atomic E-state index is 13.8. The second-order valence-electron chi connectivity index (χ2n) is 5.14. The van der Waals surface area contributed by atoms with Crippen LogP contribution in [0, 0.1) is 5.82 Å². The Labute approximate surface area is 148 Å². The molecule has 0 unspecified atom stereocenters. The highest BCUT2D eigenvalue weighted by atomic mass is 35.5. The summed E-state index contributed by atoms with van der Waals surface area (Å²) in [5.74, 6) is -0.785. The number of aliphatic imine (C=N–C) groups is 1. The van der Waals surface area contributed by atoms with Crippen LogP contribution >= 0.6 is 23.4 Å². The van der Waals surface area contributed by atoms with Crippen LogP contribution in [0.3, 0.4) is 0 Å². The Morgan fingerprint density at radius 2 is 2.00 bits per heavy atom. The van der Waals surface area contributed by atoms with Gasteiger partial charge in [0, 0.05) is 5.56 Å². The van der Waals surface area contributed by atoms with E-state index < -0.39 is 5.82 Å². The number of rotatable bonds is 3. The van der Waals surface area contributed by atoms with Crippen molar-refractivity contribution in [3.05, 3.63) is 69.3 Å². The minimum atomic E-state index is -0.469. The van der Waals surface area contributed by atoms with Crippen molar-refractivity contribution >= 4 is 46.2 Å². The lowest BCUT2D eigenvalue weighted by Gasteiger charge is -2.00. The van der Waals surface area contributed by atoms with Gasteiger partial charge in [0.05, 0.1) is 15.6 Å². The van der Waals surface area contributed by atoms with Gasteiger partial charge >= 0.3 is 0 Å². The number of hydrogen-bond donors (Lipinski definition) is 1. The van der Waals surface area contributed by atoms with Gasteiger partial charge in [-0.2, -0.15) is 0 Å². The Balaban J connectivity index is 1.85. The van der Waals surface area contributed by atoms with Crippen molar-refractivity contribution in [2.24, 2.45) is 4.99 Å². The first kappa shape index (κ1) is 16.7. The molecule has 1 heterocycles. The molecule has 3 nitrogen and oxygen atoms in total. The third kappa shape index (κ3) is 3.68. The van der Waals surface area contributed by atoms with Gasteiger partial charge in [0.2, 0.25) is 0 Å². The number of hydrogen-bond acceptors (Lipinski definition) is 3. The summed E-state index contributed by atoms with van der Waals surface area (Å²) in [5, 5.41) is 3.40. The van der Waals surface area contributed by atoms with E-state index in [1.807, 2.05) is 24.3 Å². The summed E-state index contributed by atoms with van der Waals surface area (Å²) in [6, 6.07) is 12.2. The molecule has 0 radical (unpaired) electrons. The third-order valence-corrected chi connectivity index (χ3v) is 4.74. The molecule has 0 spiro atoms. The molecular formula is C18H14ClFN2OS. The number of benzene rings is 2. The van der Waals surface area contributed by atoms with Crippen molar-refractivity contribution in [3.63, 3.8) is 0 Å². The molecule has 1 N–H and O–H groups in total. The van der Waals surface area contributed by atoms with Crippen LogP contribution in [0.4, 0.5) is 10.1 Å². The molecule has 1 amide bonds. The lowest BCUT2D eigenvalue weighted by atomic mass is 10.2. The van der Waals surface area contributed by atoms with Gasteiger partial charge < -0.3 is 5.32 Å². The highest BCUT2D eigenvalue weighted by molar-refractivity contribution is 8.18. The van der Waals surface area contributed by atoms with Crippen LogP contribution in [0.15, 0.2) is 52.4 Å². The van der Waals surface area contributed by atoms with Gasteiger partial charge in [-0.25, -0.2) is 9.38 Å². The summed E-state index contributed by atoms with van der Waals surface area (Å²) in [4.78, 5) is 16.8. The highest BCUT2D eigenvalue weighted by Gasteiger charge is 2.24. The van der Waals surface area contributed by atoms with E-state index >= 15 is 0 Å². The number of halogens is 2. The normalized spacial score (nSPS) is 17.5. The van der Waals surface area contributed by atoms with Crippen LogP contribution in [-0.2, 0) is 11.2 Å². The molecule has 2 aromatic carbocycles. The smallest absolute Gasteiger partial charge is 0.264 e. The van der Waals surface area contributed by atoms with Crippen molar-refractivity contribution in [1.29, 1.82) is 0 Å². The predicted octanol–water partition coefficient (Wildman–Crippen LogP) is 4.93. The lowest BCUT2D eigenvalue weighted by molar-refractivity contribution is -0.115. The number of nitrogens with one attached hydrogen (secondary N) is 1. The van der Waals surface area contributed by atoms with Crippen LogP contribution in [0.2, 0.25) is 5.02 Å². The summed E-state index contributed by atoms with van der Waals surface area (Å²) in [7, 11) is 0. The predicted molar refractivity (Wildman–Crippen MR) is 98.0 cm³/mol. The molecular weight excluding hydrogens is 347 g/mol. The Morgan fingerprint density at radius 3 is 2.67 bits per heavy atom. The molecule has 6 heteroatoms. The average molecular weight is 361 g/mol. The van der Waals surface area contributed by atoms with Crippen LogP contribution in [0.5, 0.6) is 0 Å². The molecule has 0 atom stereocenters. The summed E-state index contributed by atoms with van der Waals surface area (Å²) >= 11 is 7.16. The van der Waals surface area contributed by atoms with E-state index in [2.05, 4.69) is 17.2 Å². The fourth-order valence-electron chi connectivity index (χ4n) is 2.18. The topological polar surface area (TPSA) is 41.5 Å². The van der Waals surface area contributed by atoms with E-state index in [0.29, 0.717) is 10.1 Å². The van der Waals surface area contributed by atoms with Crippen LogP contribution in [-0.4, -0.2) is 11.1 Å². The van der Waals surface area contributed by atoms with Gasteiger partial charge in [0.1, 0.15) is 5.82 Å².